The lowest BCUT2D eigenvalue weighted by atomic mass is 9.87. The van der Waals surface area contributed by atoms with Crippen LogP contribution in [0.2, 0.25) is 0 Å². The first kappa shape index (κ1) is 20.6. The molecule has 2 aromatic carbocycles. The molecule has 5 nitrogen and oxygen atoms in total. The summed E-state index contributed by atoms with van der Waals surface area (Å²) in [5, 5.41) is 3.07. The molecule has 0 unspecified atom stereocenters. The van der Waals surface area contributed by atoms with Crippen LogP contribution in [0.15, 0.2) is 53.4 Å². The van der Waals surface area contributed by atoms with Crippen molar-refractivity contribution in [2.24, 2.45) is 5.92 Å². The van der Waals surface area contributed by atoms with Crippen molar-refractivity contribution in [1.29, 1.82) is 0 Å². The maximum absolute atomic E-state index is 13.0. The van der Waals surface area contributed by atoms with E-state index in [0.717, 1.165) is 30.4 Å². The smallest absolute Gasteiger partial charge is 0.241 e. The van der Waals surface area contributed by atoms with Crippen molar-refractivity contribution >= 4 is 15.9 Å². The summed E-state index contributed by atoms with van der Waals surface area (Å²) in [7, 11) is -3.78. The monoisotopic (exact) mass is 400 g/mol. The van der Waals surface area contributed by atoms with Crippen LogP contribution in [0.25, 0.3) is 0 Å². The summed E-state index contributed by atoms with van der Waals surface area (Å²) in [5.74, 6) is -0.466. The Morgan fingerprint density at radius 3 is 2.43 bits per heavy atom. The van der Waals surface area contributed by atoms with Crippen LogP contribution in [0.4, 0.5) is 0 Å². The molecule has 0 saturated heterocycles. The third-order valence-electron chi connectivity index (χ3n) is 5.25. The molecule has 0 bridgehead atoms. The van der Waals surface area contributed by atoms with Crippen LogP contribution >= 0.6 is 0 Å². The molecule has 0 fully saturated rings. The summed E-state index contributed by atoms with van der Waals surface area (Å²) in [6.07, 6.45) is 2.87. The maximum Gasteiger partial charge on any atom is 0.241 e. The fourth-order valence-electron chi connectivity index (χ4n) is 3.61. The van der Waals surface area contributed by atoms with E-state index in [9.17, 15) is 13.2 Å². The summed E-state index contributed by atoms with van der Waals surface area (Å²) in [5.41, 5.74) is 3.36. The second-order valence-electron chi connectivity index (χ2n) is 7.81. The number of hydrogen-bond acceptors (Lipinski definition) is 3. The van der Waals surface area contributed by atoms with Crippen LogP contribution in [-0.4, -0.2) is 20.4 Å². The lowest BCUT2D eigenvalue weighted by Crippen LogP contribution is -2.50. The number of sulfonamides is 1. The van der Waals surface area contributed by atoms with Crippen molar-refractivity contribution in [3.63, 3.8) is 0 Å². The van der Waals surface area contributed by atoms with Gasteiger partial charge in [0.2, 0.25) is 15.9 Å². The lowest BCUT2D eigenvalue weighted by molar-refractivity contribution is -0.124. The summed E-state index contributed by atoms with van der Waals surface area (Å²) in [4.78, 5) is 13.2. The third kappa shape index (κ3) is 4.62. The highest BCUT2D eigenvalue weighted by molar-refractivity contribution is 7.89. The molecule has 0 aliphatic heterocycles. The van der Waals surface area contributed by atoms with Gasteiger partial charge in [0.15, 0.2) is 0 Å². The van der Waals surface area contributed by atoms with Crippen LogP contribution < -0.4 is 10.0 Å². The molecule has 150 valence electrons. The zero-order valence-corrected chi connectivity index (χ0v) is 17.4. The minimum absolute atomic E-state index is 0.0809. The summed E-state index contributed by atoms with van der Waals surface area (Å²) in [6.45, 7) is 5.59. The van der Waals surface area contributed by atoms with Crippen LogP contribution in [0.3, 0.4) is 0 Å². The molecule has 0 saturated carbocycles. The summed E-state index contributed by atoms with van der Waals surface area (Å²) in [6, 6.07) is 13.8. The van der Waals surface area contributed by atoms with E-state index in [4.69, 9.17) is 0 Å². The van der Waals surface area contributed by atoms with Gasteiger partial charge in [0.25, 0.3) is 0 Å². The lowest BCUT2D eigenvalue weighted by Gasteiger charge is -2.29. The molecule has 1 aliphatic rings. The molecular formula is C22H28N2O3S. The molecule has 3 rings (SSSR count). The van der Waals surface area contributed by atoms with Crippen molar-refractivity contribution < 1.29 is 13.2 Å². The van der Waals surface area contributed by atoms with Crippen LogP contribution in [-0.2, 0) is 21.2 Å². The van der Waals surface area contributed by atoms with Gasteiger partial charge in [0.1, 0.15) is 6.04 Å². The Bertz CT molecular complexity index is 937. The number of amides is 1. The highest BCUT2D eigenvalue weighted by atomic mass is 32.2. The Morgan fingerprint density at radius 2 is 1.75 bits per heavy atom. The number of aryl methyl sites for hydroxylation is 2. The average molecular weight is 401 g/mol. The molecule has 0 heterocycles. The molecule has 0 aromatic heterocycles. The molecule has 2 aromatic rings. The Hall–Kier alpha value is -2.18. The van der Waals surface area contributed by atoms with E-state index < -0.39 is 16.1 Å². The first-order chi connectivity index (χ1) is 13.3. The van der Waals surface area contributed by atoms with E-state index in [-0.39, 0.29) is 22.8 Å². The first-order valence-electron chi connectivity index (χ1n) is 9.75. The van der Waals surface area contributed by atoms with E-state index in [1.807, 2.05) is 39.0 Å². The second kappa shape index (κ2) is 8.45. The number of carbonyl (C=O) groups excluding carboxylic acids is 1. The number of benzene rings is 2. The largest absolute Gasteiger partial charge is 0.348 e. The number of nitrogens with one attached hydrogen (secondary N) is 2. The van der Waals surface area contributed by atoms with Gasteiger partial charge in [0, 0.05) is 0 Å². The summed E-state index contributed by atoms with van der Waals surface area (Å²) >= 11 is 0. The fourth-order valence-corrected chi connectivity index (χ4v) is 4.95. The van der Waals surface area contributed by atoms with Gasteiger partial charge in [0.05, 0.1) is 10.9 Å². The van der Waals surface area contributed by atoms with Crippen molar-refractivity contribution in [3.8, 4) is 0 Å². The fraction of sp³-hybridized carbons (Fsp3) is 0.409. The van der Waals surface area contributed by atoms with Gasteiger partial charge in [-0.15, -0.1) is 0 Å². The standard InChI is InChI=1S/C22H28N2O3S/c1-15(2)21(24-28(26,27)18-13-11-16(3)12-14-18)22(25)23-20-10-6-8-17-7-4-5-9-19(17)20/h4-5,7,9,11-15,20-21,24H,6,8,10H2,1-3H3,(H,23,25)/t20-,21-/m0/s1. The van der Waals surface area contributed by atoms with E-state index in [2.05, 4.69) is 16.1 Å². The number of rotatable bonds is 6. The first-order valence-corrected chi connectivity index (χ1v) is 11.2. The van der Waals surface area contributed by atoms with Gasteiger partial charge in [-0.3, -0.25) is 4.79 Å². The molecule has 28 heavy (non-hydrogen) atoms. The second-order valence-corrected chi connectivity index (χ2v) is 9.52. The molecule has 1 amide bonds. The molecule has 2 atom stereocenters. The third-order valence-corrected chi connectivity index (χ3v) is 6.71. The molecule has 1 aliphatic carbocycles. The highest BCUT2D eigenvalue weighted by Gasteiger charge is 2.31. The Morgan fingerprint density at radius 1 is 1.07 bits per heavy atom. The maximum atomic E-state index is 13.0. The molecule has 0 spiro atoms. The molecular weight excluding hydrogens is 372 g/mol. The van der Waals surface area contributed by atoms with Gasteiger partial charge in [-0.2, -0.15) is 4.72 Å². The number of carbonyl (C=O) groups is 1. The van der Waals surface area contributed by atoms with Gasteiger partial charge < -0.3 is 5.32 Å². The predicted octanol–water partition coefficient (Wildman–Crippen LogP) is 3.49. The van der Waals surface area contributed by atoms with Gasteiger partial charge in [-0.1, -0.05) is 55.8 Å². The number of fused-ring (bicyclic) bond motifs is 1. The van der Waals surface area contributed by atoms with Crippen LogP contribution in [0.5, 0.6) is 0 Å². The molecule has 0 radical (unpaired) electrons. The van der Waals surface area contributed by atoms with Gasteiger partial charge in [-0.25, -0.2) is 8.42 Å². The highest BCUT2D eigenvalue weighted by Crippen LogP contribution is 2.29. The van der Waals surface area contributed by atoms with Gasteiger partial charge >= 0.3 is 0 Å². The van der Waals surface area contributed by atoms with E-state index in [0.29, 0.717) is 0 Å². The van der Waals surface area contributed by atoms with Crippen molar-refractivity contribution in [2.45, 2.75) is 57.0 Å². The summed E-state index contributed by atoms with van der Waals surface area (Å²) < 4.78 is 28.1. The van der Waals surface area contributed by atoms with Gasteiger partial charge in [-0.05, 0) is 55.4 Å². The molecule has 6 heteroatoms. The van der Waals surface area contributed by atoms with Crippen molar-refractivity contribution in [1.82, 2.24) is 10.0 Å². The van der Waals surface area contributed by atoms with E-state index in [1.54, 1.807) is 24.3 Å². The normalized spacial score (nSPS) is 17.8. The van der Waals surface area contributed by atoms with E-state index >= 15 is 0 Å². The minimum atomic E-state index is -3.78. The zero-order chi connectivity index (χ0) is 20.3. The Balaban J connectivity index is 1.77. The quantitative estimate of drug-likeness (QED) is 0.779. The Labute approximate surface area is 167 Å². The predicted molar refractivity (Wildman–Crippen MR) is 110 cm³/mol. The SMILES string of the molecule is Cc1ccc(S(=O)(=O)N[C@H](C(=O)N[C@H]2CCCc3ccccc32)C(C)C)cc1. The van der Waals surface area contributed by atoms with Crippen molar-refractivity contribution in [3.05, 3.63) is 65.2 Å². The molecule has 2 N–H and O–H groups in total. The van der Waals surface area contributed by atoms with Crippen LogP contribution in [0.1, 0.15) is 49.4 Å². The zero-order valence-electron chi connectivity index (χ0n) is 16.6. The number of hydrogen-bond donors (Lipinski definition) is 2. The average Bonchev–Trinajstić information content (AvgIpc) is 2.66. The minimum Gasteiger partial charge on any atom is -0.348 e. The van der Waals surface area contributed by atoms with E-state index in [1.165, 1.54) is 5.56 Å². The Kier molecular flexibility index (Phi) is 6.20. The van der Waals surface area contributed by atoms with Crippen molar-refractivity contribution in [2.75, 3.05) is 0 Å². The van der Waals surface area contributed by atoms with Crippen LogP contribution in [0, 0.1) is 12.8 Å². The topological polar surface area (TPSA) is 75.3 Å².